The van der Waals surface area contributed by atoms with Crippen molar-refractivity contribution in [2.45, 2.75) is 20.0 Å². The zero-order valence-electron chi connectivity index (χ0n) is 12.9. The average molecular weight is 293 g/mol. The summed E-state index contributed by atoms with van der Waals surface area (Å²) in [5.41, 5.74) is 3.31. The molecule has 0 bridgehead atoms. The SMILES string of the molecule is CC1=C(CC#N)N2CC=CC(OCc3ccccc3)=C2N1C. The van der Waals surface area contributed by atoms with Gasteiger partial charge in [0.15, 0.2) is 11.6 Å². The van der Waals surface area contributed by atoms with Gasteiger partial charge in [0.1, 0.15) is 6.61 Å². The van der Waals surface area contributed by atoms with Crippen molar-refractivity contribution in [3.05, 3.63) is 71.0 Å². The molecule has 0 amide bonds. The summed E-state index contributed by atoms with van der Waals surface area (Å²) in [6.45, 7) is 3.37. The van der Waals surface area contributed by atoms with Crippen molar-refractivity contribution in [1.29, 1.82) is 5.26 Å². The molecule has 0 saturated heterocycles. The quantitative estimate of drug-likeness (QED) is 0.853. The van der Waals surface area contributed by atoms with Crippen molar-refractivity contribution in [3.8, 4) is 6.07 Å². The Bertz CT molecular complexity index is 695. The minimum absolute atomic E-state index is 0.416. The van der Waals surface area contributed by atoms with E-state index >= 15 is 0 Å². The van der Waals surface area contributed by atoms with E-state index in [1.54, 1.807) is 0 Å². The van der Waals surface area contributed by atoms with E-state index in [1.807, 2.05) is 38.2 Å². The van der Waals surface area contributed by atoms with Gasteiger partial charge in [-0.1, -0.05) is 36.4 Å². The van der Waals surface area contributed by atoms with Crippen molar-refractivity contribution in [2.75, 3.05) is 13.6 Å². The highest BCUT2D eigenvalue weighted by Gasteiger charge is 2.33. The summed E-state index contributed by atoms with van der Waals surface area (Å²) in [6.07, 6.45) is 4.51. The summed E-state index contributed by atoms with van der Waals surface area (Å²) in [7, 11) is 2.02. The van der Waals surface area contributed by atoms with Gasteiger partial charge in [-0.3, -0.25) is 0 Å². The van der Waals surface area contributed by atoms with Crippen LogP contribution in [0.2, 0.25) is 0 Å². The third-order valence-corrected chi connectivity index (χ3v) is 4.08. The van der Waals surface area contributed by atoms with Gasteiger partial charge in [-0.2, -0.15) is 5.26 Å². The van der Waals surface area contributed by atoms with Gasteiger partial charge in [-0.05, 0) is 18.6 Å². The molecule has 0 radical (unpaired) electrons. The smallest absolute Gasteiger partial charge is 0.160 e. The Kier molecular flexibility index (Phi) is 3.88. The first kappa shape index (κ1) is 14.3. The molecule has 3 rings (SSSR count). The molecule has 2 aliphatic heterocycles. The lowest BCUT2D eigenvalue weighted by atomic mass is 10.2. The fourth-order valence-electron chi connectivity index (χ4n) is 2.84. The maximum atomic E-state index is 9.04. The predicted molar refractivity (Wildman–Crippen MR) is 84.8 cm³/mol. The summed E-state index contributed by atoms with van der Waals surface area (Å²) >= 11 is 0. The first-order chi connectivity index (χ1) is 10.7. The van der Waals surface area contributed by atoms with Crippen LogP contribution in [0, 0.1) is 11.3 Å². The van der Waals surface area contributed by atoms with Gasteiger partial charge < -0.3 is 14.5 Å². The van der Waals surface area contributed by atoms with Gasteiger partial charge >= 0.3 is 0 Å². The number of fused-ring (bicyclic) bond motifs is 1. The minimum atomic E-state index is 0.416. The molecule has 0 N–H and O–H groups in total. The number of benzene rings is 1. The molecule has 0 aliphatic carbocycles. The van der Waals surface area contributed by atoms with Gasteiger partial charge in [0.2, 0.25) is 0 Å². The van der Waals surface area contributed by atoms with E-state index in [0.717, 1.165) is 35.1 Å². The van der Waals surface area contributed by atoms with Crippen molar-refractivity contribution in [3.63, 3.8) is 0 Å². The number of hydrogen-bond donors (Lipinski definition) is 0. The van der Waals surface area contributed by atoms with Gasteiger partial charge in [0, 0.05) is 19.3 Å². The molecule has 0 unspecified atom stereocenters. The second kappa shape index (κ2) is 5.98. The summed E-state index contributed by atoms with van der Waals surface area (Å²) in [4.78, 5) is 4.27. The Balaban J connectivity index is 1.84. The zero-order chi connectivity index (χ0) is 15.5. The maximum absolute atomic E-state index is 9.04. The molecule has 0 fully saturated rings. The number of hydrogen-bond acceptors (Lipinski definition) is 4. The molecular formula is C18H19N3O. The van der Waals surface area contributed by atoms with Gasteiger partial charge in [-0.15, -0.1) is 0 Å². The molecule has 2 aliphatic rings. The molecule has 22 heavy (non-hydrogen) atoms. The molecule has 112 valence electrons. The molecule has 0 aromatic heterocycles. The van der Waals surface area contributed by atoms with Crippen molar-refractivity contribution >= 4 is 0 Å². The van der Waals surface area contributed by atoms with Crippen LogP contribution in [0.3, 0.4) is 0 Å². The molecule has 4 nitrogen and oxygen atoms in total. The largest absolute Gasteiger partial charge is 0.485 e. The predicted octanol–water partition coefficient (Wildman–Crippen LogP) is 3.33. The van der Waals surface area contributed by atoms with Crippen LogP contribution in [0.25, 0.3) is 0 Å². The third kappa shape index (κ3) is 2.46. The molecule has 0 saturated carbocycles. The normalized spacial score (nSPS) is 17.0. The van der Waals surface area contributed by atoms with Gasteiger partial charge in [0.05, 0.1) is 18.2 Å². The first-order valence-corrected chi connectivity index (χ1v) is 7.38. The van der Waals surface area contributed by atoms with Crippen LogP contribution in [-0.2, 0) is 11.3 Å². The topological polar surface area (TPSA) is 39.5 Å². The van der Waals surface area contributed by atoms with Crippen molar-refractivity contribution in [2.24, 2.45) is 0 Å². The maximum Gasteiger partial charge on any atom is 0.160 e. The highest BCUT2D eigenvalue weighted by atomic mass is 16.5. The van der Waals surface area contributed by atoms with Crippen LogP contribution in [0.4, 0.5) is 0 Å². The number of nitriles is 1. The minimum Gasteiger partial charge on any atom is -0.485 e. The average Bonchev–Trinajstić information content (AvgIpc) is 2.80. The summed E-state index contributed by atoms with van der Waals surface area (Å²) in [5, 5.41) is 9.04. The number of nitrogens with zero attached hydrogens (tertiary/aromatic N) is 3. The molecule has 1 aromatic carbocycles. The molecule has 1 aromatic rings. The lowest BCUT2D eigenvalue weighted by Gasteiger charge is -2.28. The van der Waals surface area contributed by atoms with E-state index in [4.69, 9.17) is 10.00 Å². The molecule has 0 spiro atoms. The second-order valence-electron chi connectivity index (χ2n) is 5.40. The van der Waals surface area contributed by atoms with Crippen LogP contribution < -0.4 is 0 Å². The molecule has 0 atom stereocenters. The lowest BCUT2D eigenvalue weighted by Crippen LogP contribution is -2.27. The number of ether oxygens (including phenoxy) is 1. The van der Waals surface area contributed by atoms with E-state index in [-0.39, 0.29) is 0 Å². The Morgan fingerprint density at radius 3 is 2.77 bits per heavy atom. The Hall–Kier alpha value is -2.67. The molecular weight excluding hydrogens is 274 g/mol. The van der Waals surface area contributed by atoms with E-state index in [9.17, 15) is 0 Å². The van der Waals surface area contributed by atoms with E-state index in [0.29, 0.717) is 13.0 Å². The van der Waals surface area contributed by atoms with Gasteiger partial charge in [0.25, 0.3) is 0 Å². The van der Waals surface area contributed by atoms with E-state index in [1.165, 1.54) is 0 Å². The van der Waals surface area contributed by atoms with Crippen LogP contribution in [0.15, 0.2) is 65.5 Å². The van der Waals surface area contributed by atoms with Crippen LogP contribution in [0.1, 0.15) is 18.9 Å². The standard InChI is InChI=1S/C18H19N3O/c1-14-16(10-11-19)21-12-6-9-17(18(21)20(14)2)22-13-15-7-4-3-5-8-15/h3-9H,10,12-13H2,1-2H3. The summed E-state index contributed by atoms with van der Waals surface area (Å²) in [5.74, 6) is 1.88. The first-order valence-electron chi connectivity index (χ1n) is 7.38. The van der Waals surface area contributed by atoms with Crippen LogP contribution >= 0.6 is 0 Å². The van der Waals surface area contributed by atoms with Crippen molar-refractivity contribution in [1.82, 2.24) is 9.80 Å². The lowest BCUT2D eigenvalue weighted by molar-refractivity contribution is 0.185. The summed E-state index contributed by atoms with van der Waals surface area (Å²) < 4.78 is 6.03. The summed E-state index contributed by atoms with van der Waals surface area (Å²) in [6, 6.07) is 12.4. The fraction of sp³-hybridized carbons (Fsp3) is 0.278. The fourth-order valence-corrected chi connectivity index (χ4v) is 2.84. The van der Waals surface area contributed by atoms with Crippen LogP contribution in [-0.4, -0.2) is 23.4 Å². The molecule has 2 heterocycles. The highest BCUT2D eigenvalue weighted by Crippen LogP contribution is 2.36. The van der Waals surface area contributed by atoms with Crippen LogP contribution in [0.5, 0.6) is 0 Å². The number of allylic oxidation sites excluding steroid dienone is 3. The van der Waals surface area contributed by atoms with Gasteiger partial charge in [-0.25, -0.2) is 0 Å². The number of rotatable bonds is 4. The second-order valence-corrected chi connectivity index (χ2v) is 5.40. The Morgan fingerprint density at radius 1 is 1.27 bits per heavy atom. The molecule has 4 heteroatoms. The monoisotopic (exact) mass is 293 g/mol. The van der Waals surface area contributed by atoms with E-state index < -0.39 is 0 Å². The van der Waals surface area contributed by atoms with Crippen molar-refractivity contribution < 1.29 is 4.74 Å². The zero-order valence-corrected chi connectivity index (χ0v) is 12.9. The third-order valence-electron chi connectivity index (χ3n) is 4.08. The Labute approximate surface area is 131 Å². The van der Waals surface area contributed by atoms with E-state index in [2.05, 4.69) is 34.1 Å². The highest BCUT2D eigenvalue weighted by molar-refractivity contribution is 5.37. The Morgan fingerprint density at radius 2 is 2.05 bits per heavy atom.